The summed E-state index contributed by atoms with van der Waals surface area (Å²) in [4.78, 5) is 31.4. The Balaban J connectivity index is 1.68. The number of piperazine rings is 1. The number of benzene rings is 2. The van der Waals surface area contributed by atoms with Gasteiger partial charge in [-0.05, 0) is 42.6 Å². The van der Waals surface area contributed by atoms with Crippen molar-refractivity contribution in [1.82, 2.24) is 14.8 Å². The Morgan fingerprint density at radius 1 is 0.944 bits per heavy atom. The van der Waals surface area contributed by atoms with Crippen LogP contribution in [0.5, 0.6) is 0 Å². The summed E-state index contributed by atoms with van der Waals surface area (Å²) in [6.07, 6.45) is -9.83. The Bertz CT molecular complexity index is 1220. The third-order valence-corrected chi connectivity index (χ3v) is 6.15. The number of hydrogen-bond donors (Lipinski definition) is 1. The van der Waals surface area contributed by atoms with E-state index in [1.54, 1.807) is 0 Å². The van der Waals surface area contributed by atoms with Crippen LogP contribution in [-0.2, 0) is 23.6 Å². The lowest BCUT2D eigenvalue weighted by Gasteiger charge is -2.41. The minimum atomic E-state index is -5.06. The quantitative estimate of drug-likeness (QED) is 0.482. The molecule has 192 valence electrons. The van der Waals surface area contributed by atoms with Crippen LogP contribution in [0.15, 0.2) is 48.5 Å². The third kappa shape index (κ3) is 5.72. The van der Waals surface area contributed by atoms with Crippen molar-refractivity contribution in [3.05, 3.63) is 70.9 Å². The Morgan fingerprint density at radius 3 is 2.17 bits per heavy atom. The summed E-state index contributed by atoms with van der Waals surface area (Å²) in [5.74, 6) is -1.01. The molecule has 0 spiro atoms. The average molecular weight is 511 g/mol. The molecule has 5 nitrogen and oxygen atoms in total. The van der Waals surface area contributed by atoms with Gasteiger partial charge in [-0.2, -0.15) is 26.3 Å². The van der Waals surface area contributed by atoms with Crippen LogP contribution in [-0.4, -0.2) is 58.7 Å². The second kappa shape index (κ2) is 9.61. The van der Waals surface area contributed by atoms with Crippen molar-refractivity contribution in [2.24, 2.45) is 0 Å². The number of H-pyrrole nitrogens is 1. The van der Waals surface area contributed by atoms with Crippen molar-refractivity contribution in [3.8, 4) is 0 Å². The number of carbonyl (C=O) groups is 2. The number of ketones is 1. The van der Waals surface area contributed by atoms with Crippen LogP contribution in [0.4, 0.5) is 26.3 Å². The predicted octanol–water partition coefficient (Wildman–Crippen LogP) is 5.16. The number of aromatic nitrogens is 1. The molecule has 0 aliphatic carbocycles. The number of aromatic amines is 1. The molecule has 3 aromatic rings. The molecule has 11 heteroatoms. The lowest BCUT2D eigenvalue weighted by Crippen LogP contribution is -2.56. The molecule has 2 aromatic carbocycles. The van der Waals surface area contributed by atoms with Gasteiger partial charge in [-0.15, -0.1) is 0 Å². The maximum absolute atomic E-state index is 13.4. The summed E-state index contributed by atoms with van der Waals surface area (Å²) < 4.78 is 80.1. The van der Waals surface area contributed by atoms with Gasteiger partial charge in [0.05, 0.1) is 23.7 Å². The number of alkyl halides is 6. The molecule has 2 heterocycles. The van der Waals surface area contributed by atoms with E-state index in [-0.39, 0.29) is 44.4 Å². The number of Topliss-reactive ketones (excluding diaryl/α,β-unsaturated/α-hetero) is 1. The maximum Gasteiger partial charge on any atom is 0.416 e. The van der Waals surface area contributed by atoms with Crippen molar-refractivity contribution in [1.29, 1.82) is 0 Å². The molecule has 1 N–H and O–H groups in total. The highest BCUT2D eigenvalue weighted by Crippen LogP contribution is 2.37. The van der Waals surface area contributed by atoms with Gasteiger partial charge in [0.2, 0.25) is 0 Å². The van der Waals surface area contributed by atoms with Gasteiger partial charge in [-0.3, -0.25) is 14.5 Å². The molecule has 1 atom stereocenters. The summed E-state index contributed by atoms with van der Waals surface area (Å²) in [6, 6.07) is 9.68. The number of nitrogens with one attached hydrogen (secondary N) is 1. The van der Waals surface area contributed by atoms with Crippen molar-refractivity contribution in [3.63, 3.8) is 0 Å². The first-order chi connectivity index (χ1) is 16.8. The van der Waals surface area contributed by atoms with Crippen LogP contribution >= 0.6 is 0 Å². The highest BCUT2D eigenvalue weighted by atomic mass is 19.4. The van der Waals surface area contributed by atoms with E-state index in [0.717, 1.165) is 16.6 Å². The first-order valence-corrected chi connectivity index (χ1v) is 11.2. The summed E-state index contributed by atoms with van der Waals surface area (Å²) in [5, 5.41) is 0.925. The molecule has 1 aliphatic rings. The van der Waals surface area contributed by atoms with Gasteiger partial charge >= 0.3 is 12.4 Å². The Morgan fingerprint density at radius 2 is 1.58 bits per heavy atom. The van der Waals surface area contributed by atoms with Crippen LogP contribution in [0, 0.1) is 0 Å². The highest BCUT2D eigenvalue weighted by molar-refractivity contribution is 5.95. The molecule has 1 amide bonds. The van der Waals surface area contributed by atoms with Crippen LogP contribution < -0.4 is 0 Å². The van der Waals surface area contributed by atoms with Crippen molar-refractivity contribution in [2.75, 3.05) is 26.2 Å². The van der Waals surface area contributed by atoms with Crippen molar-refractivity contribution < 1.29 is 35.9 Å². The second-order valence-corrected chi connectivity index (χ2v) is 8.97. The molecule has 0 radical (unpaired) electrons. The van der Waals surface area contributed by atoms with Crippen molar-refractivity contribution >= 4 is 22.6 Å². The molecule has 36 heavy (non-hydrogen) atoms. The second-order valence-electron chi connectivity index (χ2n) is 8.97. The number of hydrogen-bond acceptors (Lipinski definition) is 3. The highest BCUT2D eigenvalue weighted by Gasteiger charge is 2.39. The molecule has 0 bridgehead atoms. The molecule has 1 saturated heterocycles. The van der Waals surface area contributed by atoms with Gasteiger partial charge in [0.25, 0.3) is 5.91 Å². The lowest BCUT2D eigenvalue weighted by molar-refractivity contribution is -0.143. The maximum atomic E-state index is 13.4. The topological polar surface area (TPSA) is 56.4 Å². The zero-order chi connectivity index (χ0) is 26.3. The summed E-state index contributed by atoms with van der Waals surface area (Å²) in [6.45, 7) is 2.11. The molecule has 1 unspecified atom stereocenters. The Kier molecular flexibility index (Phi) is 6.87. The fourth-order valence-electron chi connectivity index (χ4n) is 4.56. The molecule has 0 saturated carbocycles. The van der Waals surface area contributed by atoms with E-state index >= 15 is 0 Å². The van der Waals surface area contributed by atoms with E-state index in [4.69, 9.17) is 0 Å². The zero-order valence-corrected chi connectivity index (χ0v) is 19.2. The first-order valence-electron chi connectivity index (χ1n) is 11.2. The van der Waals surface area contributed by atoms with Crippen molar-refractivity contribution in [2.45, 2.75) is 31.7 Å². The van der Waals surface area contributed by atoms with Crippen LogP contribution in [0.1, 0.15) is 34.1 Å². The fourth-order valence-corrected chi connectivity index (χ4v) is 4.56. The van der Waals surface area contributed by atoms with Crippen LogP contribution in [0.25, 0.3) is 10.9 Å². The van der Waals surface area contributed by atoms with E-state index in [1.807, 2.05) is 35.2 Å². The summed E-state index contributed by atoms with van der Waals surface area (Å²) in [5.41, 5.74) is -2.15. The summed E-state index contributed by atoms with van der Waals surface area (Å²) >= 11 is 0. The largest absolute Gasteiger partial charge is 0.416 e. The minimum Gasteiger partial charge on any atom is -0.358 e. The fraction of sp³-hybridized carbons (Fsp3) is 0.360. The van der Waals surface area contributed by atoms with Gasteiger partial charge in [0, 0.05) is 42.8 Å². The molecular formula is C25H23F6N3O2. The molecule has 4 rings (SSSR count). The standard InChI is InChI=1S/C25H23F6N3O2/c1-15(35)13-33-6-7-34(21(14-33)12-20-10-16-4-2-3-5-22(16)32-20)23(36)17-8-18(24(26,27)28)11-19(9-17)25(29,30)31/h2-5,8-11,21,32H,6-7,12-14H2,1H3. The van der Waals surface area contributed by atoms with Gasteiger partial charge in [0.15, 0.2) is 0 Å². The van der Waals surface area contributed by atoms with E-state index in [9.17, 15) is 35.9 Å². The Hall–Kier alpha value is -3.34. The monoisotopic (exact) mass is 511 g/mol. The first kappa shape index (κ1) is 25.7. The number of rotatable bonds is 5. The van der Waals surface area contributed by atoms with E-state index in [1.165, 1.54) is 11.8 Å². The molecule has 1 aliphatic heterocycles. The van der Waals surface area contributed by atoms with Gasteiger partial charge in [0.1, 0.15) is 5.78 Å². The smallest absolute Gasteiger partial charge is 0.358 e. The average Bonchev–Trinajstić information content (AvgIpc) is 3.19. The third-order valence-electron chi connectivity index (χ3n) is 6.15. The normalized spacial score (nSPS) is 17.5. The number of fused-ring (bicyclic) bond motifs is 1. The number of nitrogens with zero attached hydrogens (tertiary/aromatic N) is 2. The van der Waals surface area contributed by atoms with E-state index in [0.29, 0.717) is 12.1 Å². The molecular weight excluding hydrogens is 488 g/mol. The van der Waals surface area contributed by atoms with Crippen LogP contribution in [0.3, 0.4) is 0 Å². The predicted molar refractivity (Wildman–Crippen MR) is 120 cm³/mol. The van der Waals surface area contributed by atoms with Gasteiger partial charge in [-0.1, -0.05) is 18.2 Å². The number of amides is 1. The van der Waals surface area contributed by atoms with Gasteiger partial charge in [-0.25, -0.2) is 0 Å². The minimum absolute atomic E-state index is 0.00352. The molecule has 1 fully saturated rings. The number of para-hydroxylation sites is 1. The van der Waals surface area contributed by atoms with E-state index in [2.05, 4.69) is 4.98 Å². The zero-order valence-electron chi connectivity index (χ0n) is 19.2. The lowest BCUT2D eigenvalue weighted by atomic mass is 10.0. The van der Waals surface area contributed by atoms with Gasteiger partial charge < -0.3 is 9.88 Å². The van der Waals surface area contributed by atoms with Crippen LogP contribution in [0.2, 0.25) is 0 Å². The molecule has 1 aromatic heterocycles. The SMILES string of the molecule is CC(=O)CN1CCN(C(=O)c2cc(C(F)(F)F)cc(C(F)(F)F)c2)C(Cc2cc3ccccc3[nH]2)C1. The number of halogens is 6. The Labute approximate surface area is 202 Å². The van der Waals surface area contributed by atoms with E-state index < -0.39 is 41.0 Å². The number of carbonyl (C=O) groups excluding carboxylic acids is 2. The summed E-state index contributed by atoms with van der Waals surface area (Å²) in [7, 11) is 0.